The average Bonchev–Trinajstić information content (AvgIpc) is 2.64. The molecule has 1 rings (SSSR count). The minimum absolute atomic E-state index is 0.359. The predicted molar refractivity (Wildman–Crippen MR) is 116 cm³/mol. The number of hydrogen-bond acceptors (Lipinski definition) is 1. The van der Waals surface area contributed by atoms with Gasteiger partial charge in [0.25, 0.3) is 0 Å². The van der Waals surface area contributed by atoms with Crippen LogP contribution in [0.5, 0.6) is 0 Å². The molecule has 0 saturated carbocycles. The Bertz CT molecular complexity index is 527. The molecule has 0 aliphatic carbocycles. The number of hydrogen-bond donors (Lipinski definition) is 1. The van der Waals surface area contributed by atoms with Crippen LogP contribution >= 0.6 is 7.37 Å². The Kier molecular flexibility index (Phi) is 12.2. The maximum Gasteiger partial charge on any atom is 0.230 e. The summed E-state index contributed by atoms with van der Waals surface area (Å²) in [5.41, 5.74) is 1.09. The highest BCUT2D eigenvalue weighted by atomic mass is 31.2. The van der Waals surface area contributed by atoms with E-state index in [1.165, 1.54) is 38.5 Å². The lowest BCUT2D eigenvalue weighted by atomic mass is 10.0. The van der Waals surface area contributed by atoms with Gasteiger partial charge in [0.15, 0.2) is 0 Å². The Balaban J connectivity index is 2.61. The standard InChI is InChI=1S/C23H41O2P/c1-4-7-9-10-11-12-13-17-22-18-14-15-19-23(22)26(24,25)20-21(6-3)16-8-5-2/h14-15,18-19,21H,4-13,16-17,20H2,1-3H3,(H,24,25). The lowest BCUT2D eigenvalue weighted by Gasteiger charge is -2.21. The molecule has 1 aromatic carbocycles. The molecule has 0 radical (unpaired) electrons. The van der Waals surface area contributed by atoms with Gasteiger partial charge in [-0.05, 0) is 36.8 Å². The lowest BCUT2D eigenvalue weighted by Crippen LogP contribution is -2.17. The smallest absolute Gasteiger partial charge is 0.230 e. The van der Waals surface area contributed by atoms with Crippen molar-refractivity contribution in [3.63, 3.8) is 0 Å². The van der Waals surface area contributed by atoms with Crippen LogP contribution in [-0.2, 0) is 11.0 Å². The Labute approximate surface area is 162 Å². The van der Waals surface area contributed by atoms with E-state index in [2.05, 4.69) is 26.8 Å². The zero-order chi connectivity index (χ0) is 19.3. The molecule has 26 heavy (non-hydrogen) atoms. The van der Waals surface area contributed by atoms with Crippen molar-refractivity contribution in [1.82, 2.24) is 0 Å². The summed E-state index contributed by atoms with van der Waals surface area (Å²) in [7, 11) is -3.27. The van der Waals surface area contributed by atoms with E-state index >= 15 is 0 Å². The highest BCUT2D eigenvalue weighted by Gasteiger charge is 2.27. The second kappa shape index (κ2) is 13.6. The van der Waals surface area contributed by atoms with Crippen LogP contribution in [0, 0.1) is 5.92 Å². The molecule has 0 aromatic heterocycles. The number of unbranched alkanes of at least 4 members (excludes halogenated alkanes) is 7. The molecular weight excluding hydrogens is 339 g/mol. The summed E-state index contributed by atoms with van der Waals surface area (Å²) >= 11 is 0. The van der Waals surface area contributed by atoms with Crippen LogP contribution in [0.2, 0.25) is 0 Å². The molecule has 0 aliphatic rings. The van der Waals surface area contributed by atoms with Crippen LogP contribution in [-0.4, -0.2) is 11.1 Å². The summed E-state index contributed by atoms with van der Waals surface area (Å²) in [5, 5.41) is 0.723. The van der Waals surface area contributed by atoms with Crippen molar-refractivity contribution in [3.05, 3.63) is 29.8 Å². The van der Waals surface area contributed by atoms with E-state index in [1.807, 2.05) is 18.2 Å². The van der Waals surface area contributed by atoms with Crippen LogP contribution in [0.15, 0.2) is 24.3 Å². The van der Waals surface area contributed by atoms with E-state index in [4.69, 9.17) is 0 Å². The summed E-state index contributed by atoms with van der Waals surface area (Å²) in [4.78, 5) is 10.8. The van der Waals surface area contributed by atoms with E-state index in [0.717, 1.165) is 49.4 Å². The molecule has 0 spiro atoms. The van der Waals surface area contributed by atoms with E-state index in [0.29, 0.717) is 12.1 Å². The van der Waals surface area contributed by atoms with Crippen molar-refractivity contribution in [2.75, 3.05) is 6.16 Å². The van der Waals surface area contributed by atoms with Gasteiger partial charge >= 0.3 is 0 Å². The van der Waals surface area contributed by atoms with Crippen LogP contribution in [0.4, 0.5) is 0 Å². The largest absolute Gasteiger partial charge is 0.341 e. The molecule has 0 heterocycles. The quantitative estimate of drug-likeness (QED) is 0.260. The summed E-state index contributed by atoms with van der Waals surface area (Å²) in [6.07, 6.45) is 14.7. The second-order valence-corrected chi connectivity index (χ2v) is 10.1. The molecule has 2 atom stereocenters. The molecule has 3 heteroatoms. The first-order valence-electron chi connectivity index (χ1n) is 10.9. The third-order valence-electron chi connectivity index (χ3n) is 5.47. The molecule has 0 amide bonds. The van der Waals surface area contributed by atoms with Gasteiger partial charge < -0.3 is 4.89 Å². The Morgan fingerprint density at radius 3 is 2.15 bits per heavy atom. The highest BCUT2D eigenvalue weighted by molar-refractivity contribution is 7.66. The topological polar surface area (TPSA) is 37.3 Å². The Morgan fingerprint density at radius 2 is 1.50 bits per heavy atom. The number of rotatable bonds is 15. The zero-order valence-corrected chi connectivity index (χ0v) is 18.3. The molecule has 0 aliphatic heterocycles. The SMILES string of the molecule is CCCCCCCCCc1ccccc1P(=O)(O)CC(CC)CCCC. The Hall–Kier alpha value is -0.590. The zero-order valence-electron chi connectivity index (χ0n) is 17.4. The van der Waals surface area contributed by atoms with Gasteiger partial charge in [-0.1, -0.05) is 96.8 Å². The normalized spacial score (nSPS) is 14.9. The van der Waals surface area contributed by atoms with Gasteiger partial charge in [0.2, 0.25) is 7.37 Å². The van der Waals surface area contributed by atoms with Crippen molar-refractivity contribution in [2.45, 2.75) is 97.8 Å². The molecule has 150 valence electrons. The van der Waals surface area contributed by atoms with Gasteiger partial charge in [-0.15, -0.1) is 0 Å². The maximum absolute atomic E-state index is 13.1. The van der Waals surface area contributed by atoms with E-state index < -0.39 is 7.37 Å². The number of aryl methyl sites for hydroxylation is 1. The highest BCUT2D eigenvalue weighted by Crippen LogP contribution is 2.44. The molecule has 2 nitrogen and oxygen atoms in total. The van der Waals surface area contributed by atoms with Crippen LogP contribution < -0.4 is 5.30 Å². The second-order valence-electron chi connectivity index (χ2n) is 7.80. The van der Waals surface area contributed by atoms with Crippen molar-refractivity contribution in [2.24, 2.45) is 5.92 Å². The summed E-state index contributed by atoms with van der Waals surface area (Å²) in [6, 6.07) is 7.88. The first kappa shape index (κ1) is 23.4. The fourth-order valence-corrected chi connectivity index (χ4v) is 5.99. The van der Waals surface area contributed by atoms with Crippen LogP contribution in [0.25, 0.3) is 0 Å². The average molecular weight is 381 g/mol. The predicted octanol–water partition coefficient (Wildman–Crippen LogP) is 7.09. The van der Waals surface area contributed by atoms with E-state index in [9.17, 15) is 9.46 Å². The molecule has 1 N–H and O–H groups in total. The Morgan fingerprint density at radius 1 is 0.885 bits per heavy atom. The monoisotopic (exact) mass is 380 g/mol. The van der Waals surface area contributed by atoms with Crippen molar-refractivity contribution in [1.29, 1.82) is 0 Å². The third kappa shape index (κ3) is 8.87. The van der Waals surface area contributed by atoms with Gasteiger partial charge in [-0.2, -0.15) is 0 Å². The van der Waals surface area contributed by atoms with E-state index in [1.54, 1.807) is 0 Å². The first-order valence-corrected chi connectivity index (χ1v) is 12.8. The van der Waals surface area contributed by atoms with Gasteiger partial charge in [0, 0.05) is 11.5 Å². The molecule has 0 saturated heterocycles. The number of benzene rings is 1. The van der Waals surface area contributed by atoms with Crippen molar-refractivity contribution in [3.8, 4) is 0 Å². The lowest BCUT2D eigenvalue weighted by molar-refractivity contribution is 0.445. The van der Waals surface area contributed by atoms with Crippen LogP contribution in [0.3, 0.4) is 0 Å². The summed E-state index contributed by atoms with van der Waals surface area (Å²) < 4.78 is 13.1. The third-order valence-corrected chi connectivity index (χ3v) is 7.67. The maximum atomic E-state index is 13.1. The van der Waals surface area contributed by atoms with Gasteiger partial charge in [0.05, 0.1) is 0 Å². The van der Waals surface area contributed by atoms with E-state index in [-0.39, 0.29) is 0 Å². The minimum atomic E-state index is -3.27. The van der Waals surface area contributed by atoms with Gasteiger partial charge in [-0.3, -0.25) is 4.57 Å². The van der Waals surface area contributed by atoms with Gasteiger partial charge in [-0.25, -0.2) is 0 Å². The summed E-state index contributed by atoms with van der Waals surface area (Å²) in [6.45, 7) is 6.57. The molecule has 1 aromatic rings. The van der Waals surface area contributed by atoms with Crippen molar-refractivity contribution < 1.29 is 9.46 Å². The van der Waals surface area contributed by atoms with Gasteiger partial charge in [0.1, 0.15) is 0 Å². The van der Waals surface area contributed by atoms with Crippen LogP contribution in [0.1, 0.15) is 97.0 Å². The molecular formula is C23H41O2P. The molecule has 0 bridgehead atoms. The summed E-state index contributed by atoms with van der Waals surface area (Å²) in [5.74, 6) is 0.359. The molecule has 2 unspecified atom stereocenters. The van der Waals surface area contributed by atoms with Crippen molar-refractivity contribution >= 4 is 12.7 Å². The minimum Gasteiger partial charge on any atom is -0.341 e. The molecule has 0 fully saturated rings. The fourth-order valence-electron chi connectivity index (χ4n) is 3.70. The fraction of sp³-hybridized carbons (Fsp3) is 0.739. The first-order chi connectivity index (χ1) is 12.5.